The van der Waals surface area contributed by atoms with Gasteiger partial charge in [-0.1, -0.05) is 0 Å². The molecule has 1 aromatic heterocycles. The molecule has 0 N–H and O–H groups in total. The predicted octanol–water partition coefficient (Wildman–Crippen LogP) is 3.01. The summed E-state index contributed by atoms with van der Waals surface area (Å²) >= 11 is 7.10. The molecule has 0 bridgehead atoms. The van der Waals surface area contributed by atoms with Gasteiger partial charge >= 0.3 is 0 Å². The van der Waals surface area contributed by atoms with Crippen molar-refractivity contribution in [2.75, 3.05) is 17.8 Å². The van der Waals surface area contributed by atoms with E-state index in [2.05, 4.69) is 4.98 Å². The van der Waals surface area contributed by atoms with E-state index in [1.54, 1.807) is 29.5 Å². The molecule has 0 aliphatic carbocycles. The van der Waals surface area contributed by atoms with Gasteiger partial charge in [-0.05, 0) is 24.3 Å². The summed E-state index contributed by atoms with van der Waals surface area (Å²) in [6.45, 7) is 0. The molecule has 1 aromatic carbocycles. The van der Waals surface area contributed by atoms with Crippen LogP contribution < -0.4 is 4.90 Å². The molecule has 3 nitrogen and oxygen atoms in total. The summed E-state index contributed by atoms with van der Waals surface area (Å²) < 4.78 is 0. The van der Waals surface area contributed by atoms with Gasteiger partial charge in [0.15, 0.2) is 0 Å². The quantitative estimate of drug-likeness (QED) is 0.800. The monoisotopic (exact) mass is 266 g/mol. The Morgan fingerprint density at radius 2 is 2.12 bits per heavy atom. The number of benzene rings is 1. The fraction of sp³-hybridized carbons (Fsp3) is 0.167. The molecule has 17 heavy (non-hydrogen) atoms. The molecular formula is C12H11ClN2OS. The first-order chi connectivity index (χ1) is 8.22. The zero-order valence-corrected chi connectivity index (χ0v) is 10.8. The standard InChI is InChI=1S/C12H11ClN2OS/c1-15(11(16)8-13)10-4-2-9(3-5-10)12-14-6-7-17-12/h2-7H,8H2,1H3. The molecule has 0 radical (unpaired) electrons. The van der Waals surface area contributed by atoms with Crippen molar-refractivity contribution in [3.05, 3.63) is 35.8 Å². The van der Waals surface area contributed by atoms with Gasteiger partial charge in [-0.3, -0.25) is 4.79 Å². The van der Waals surface area contributed by atoms with Gasteiger partial charge < -0.3 is 4.90 Å². The Hall–Kier alpha value is -1.39. The van der Waals surface area contributed by atoms with Crippen LogP contribution in [0.5, 0.6) is 0 Å². The van der Waals surface area contributed by atoms with Crippen LogP contribution in [0.3, 0.4) is 0 Å². The fourth-order valence-corrected chi connectivity index (χ4v) is 2.25. The lowest BCUT2D eigenvalue weighted by molar-refractivity contribution is -0.116. The van der Waals surface area contributed by atoms with Gasteiger partial charge in [0.25, 0.3) is 0 Å². The van der Waals surface area contributed by atoms with Gasteiger partial charge in [-0.2, -0.15) is 0 Å². The third kappa shape index (κ3) is 2.65. The van der Waals surface area contributed by atoms with E-state index < -0.39 is 0 Å². The molecule has 2 aromatic rings. The number of carbonyl (C=O) groups excluding carboxylic acids is 1. The molecule has 2 rings (SSSR count). The van der Waals surface area contributed by atoms with E-state index >= 15 is 0 Å². The van der Waals surface area contributed by atoms with Crippen molar-refractivity contribution in [2.45, 2.75) is 0 Å². The minimum atomic E-state index is -0.117. The van der Waals surface area contributed by atoms with E-state index in [-0.39, 0.29) is 11.8 Å². The zero-order chi connectivity index (χ0) is 12.3. The summed E-state index contributed by atoms with van der Waals surface area (Å²) in [5, 5.41) is 2.91. The summed E-state index contributed by atoms with van der Waals surface area (Å²) in [5.74, 6) is -0.126. The minimum Gasteiger partial charge on any atom is -0.314 e. The first-order valence-electron chi connectivity index (χ1n) is 5.05. The van der Waals surface area contributed by atoms with Gasteiger partial charge in [0.2, 0.25) is 5.91 Å². The second kappa shape index (κ2) is 5.29. The lowest BCUT2D eigenvalue weighted by Crippen LogP contribution is -2.26. The van der Waals surface area contributed by atoms with Crippen molar-refractivity contribution in [1.29, 1.82) is 0 Å². The molecule has 1 heterocycles. The lowest BCUT2D eigenvalue weighted by Gasteiger charge is -2.15. The molecule has 0 atom stereocenters. The summed E-state index contributed by atoms with van der Waals surface area (Å²) in [4.78, 5) is 17.2. The van der Waals surface area contributed by atoms with Crippen LogP contribution in [0.4, 0.5) is 5.69 Å². The average molecular weight is 267 g/mol. The fourth-order valence-electron chi connectivity index (χ4n) is 1.43. The SMILES string of the molecule is CN(C(=O)CCl)c1ccc(-c2nccs2)cc1. The van der Waals surface area contributed by atoms with Crippen molar-refractivity contribution in [3.8, 4) is 10.6 Å². The predicted molar refractivity (Wildman–Crippen MR) is 71.7 cm³/mol. The number of hydrogen-bond acceptors (Lipinski definition) is 3. The second-order valence-corrected chi connectivity index (χ2v) is 4.63. The maximum atomic E-state index is 11.4. The van der Waals surface area contributed by atoms with Crippen LogP contribution in [0.1, 0.15) is 0 Å². The summed E-state index contributed by atoms with van der Waals surface area (Å²) in [6, 6.07) is 7.68. The van der Waals surface area contributed by atoms with Crippen LogP contribution in [0.25, 0.3) is 10.6 Å². The third-order valence-corrected chi connectivity index (χ3v) is 3.47. The van der Waals surface area contributed by atoms with E-state index in [1.165, 1.54) is 0 Å². The Morgan fingerprint density at radius 3 is 2.65 bits per heavy atom. The first kappa shape index (κ1) is 12.1. The van der Waals surface area contributed by atoms with E-state index in [9.17, 15) is 4.79 Å². The smallest absolute Gasteiger partial charge is 0.241 e. The molecule has 88 valence electrons. The maximum Gasteiger partial charge on any atom is 0.241 e. The number of anilines is 1. The van der Waals surface area contributed by atoms with Crippen LogP contribution in [0, 0.1) is 0 Å². The molecule has 5 heteroatoms. The van der Waals surface area contributed by atoms with Gasteiger partial charge in [0, 0.05) is 29.9 Å². The Labute approximate surface area is 109 Å². The topological polar surface area (TPSA) is 33.2 Å². The molecular weight excluding hydrogens is 256 g/mol. The maximum absolute atomic E-state index is 11.4. The van der Waals surface area contributed by atoms with E-state index in [0.717, 1.165) is 16.3 Å². The lowest BCUT2D eigenvalue weighted by atomic mass is 10.2. The number of halogens is 1. The van der Waals surface area contributed by atoms with Gasteiger partial charge in [-0.15, -0.1) is 22.9 Å². The highest BCUT2D eigenvalue weighted by Crippen LogP contribution is 2.24. The third-order valence-electron chi connectivity index (χ3n) is 2.42. The molecule has 0 saturated carbocycles. The summed E-state index contributed by atoms with van der Waals surface area (Å²) in [7, 11) is 1.71. The number of aromatic nitrogens is 1. The van der Waals surface area contributed by atoms with Crippen LogP contribution in [-0.2, 0) is 4.79 Å². The van der Waals surface area contributed by atoms with E-state index in [4.69, 9.17) is 11.6 Å². The largest absolute Gasteiger partial charge is 0.314 e. The molecule has 0 aliphatic heterocycles. The van der Waals surface area contributed by atoms with Crippen molar-refractivity contribution in [2.24, 2.45) is 0 Å². The van der Waals surface area contributed by atoms with Crippen LogP contribution in [-0.4, -0.2) is 23.8 Å². The van der Waals surface area contributed by atoms with Crippen LogP contribution in [0.2, 0.25) is 0 Å². The highest BCUT2D eigenvalue weighted by molar-refractivity contribution is 7.13. The van der Waals surface area contributed by atoms with Crippen molar-refractivity contribution < 1.29 is 4.79 Å². The molecule has 1 amide bonds. The number of alkyl halides is 1. The molecule has 0 unspecified atom stereocenters. The first-order valence-corrected chi connectivity index (χ1v) is 6.46. The average Bonchev–Trinajstić information content (AvgIpc) is 2.91. The van der Waals surface area contributed by atoms with Crippen LogP contribution >= 0.6 is 22.9 Å². The summed E-state index contributed by atoms with van der Waals surface area (Å²) in [5.41, 5.74) is 1.88. The highest BCUT2D eigenvalue weighted by atomic mass is 35.5. The molecule has 0 saturated heterocycles. The zero-order valence-electron chi connectivity index (χ0n) is 9.26. The number of thiazole rings is 1. The Morgan fingerprint density at radius 1 is 1.41 bits per heavy atom. The normalized spacial score (nSPS) is 10.2. The second-order valence-electron chi connectivity index (χ2n) is 3.47. The van der Waals surface area contributed by atoms with Crippen LogP contribution in [0.15, 0.2) is 35.8 Å². The summed E-state index contributed by atoms with van der Waals surface area (Å²) in [6.07, 6.45) is 1.77. The van der Waals surface area contributed by atoms with E-state index in [0.29, 0.717) is 0 Å². The highest BCUT2D eigenvalue weighted by Gasteiger charge is 2.09. The number of nitrogens with zero attached hydrogens (tertiary/aromatic N) is 2. The number of amides is 1. The number of hydrogen-bond donors (Lipinski definition) is 0. The minimum absolute atomic E-state index is 0.00919. The van der Waals surface area contributed by atoms with Crippen molar-refractivity contribution in [1.82, 2.24) is 4.98 Å². The van der Waals surface area contributed by atoms with Crippen molar-refractivity contribution in [3.63, 3.8) is 0 Å². The molecule has 0 spiro atoms. The number of carbonyl (C=O) groups is 1. The van der Waals surface area contributed by atoms with E-state index in [1.807, 2.05) is 29.6 Å². The Balaban J connectivity index is 2.21. The molecule has 0 aliphatic rings. The Kier molecular flexibility index (Phi) is 3.76. The number of rotatable bonds is 3. The molecule has 0 fully saturated rings. The van der Waals surface area contributed by atoms with Crippen molar-refractivity contribution >= 4 is 34.5 Å². The Bertz CT molecular complexity index is 496. The van der Waals surface area contributed by atoms with Gasteiger partial charge in [-0.25, -0.2) is 4.98 Å². The van der Waals surface area contributed by atoms with Gasteiger partial charge in [0.05, 0.1) is 0 Å². The van der Waals surface area contributed by atoms with Gasteiger partial charge in [0.1, 0.15) is 10.9 Å².